The van der Waals surface area contributed by atoms with E-state index >= 15 is 0 Å². The lowest BCUT2D eigenvalue weighted by Gasteiger charge is -2.08. The molecule has 0 spiro atoms. The summed E-state index contributed by atoms with van der Waals surface area (Å²) in [6.07, 6.45) is 0.713. The lowest BCUT2D eigenvalue weighted by atomic mass is 9.96. The van der Waals surface area contributed by atoms with Crippen LogP contribution in [0.2, 0.25) is 0 Å². The molecule has 4 nitrogen and oxygen atoms in total. The van der Waals surface area contributed by atoms with Crippen LogP contribution in [0.1, 0.15) is 29.3 Å². The van der Waals surface area contributed by atoms with Gasteiger partial charge in [-0.25, -0.2) is 0 Å². The molecule has 0 fully saturated rings. The number of nitrogens with one attached hydrogen (secondary N) is 1. The van der Waals surface area contributed by atoms with Gasteiger partial charge >= 0.3 is 0 Å². The maximum absolute atomic E-state index is 11.4. The quantitative estimate of drug-likeness (QED) is 0.893. The molecule has 2 heterocycles. The van der Waals surface area contributed by atoms with E-state index in [9.17, 15) is 4.79 Å². The van der Waals surface area contributed by atoms with E-state index in [4.69, 9.17) is 5.73 Å². The summed E-state index contributed by atoms with van der Waals surface area (Å²) in [5.41, 5.74) is 11.9. The van der Waals surface area contributed by atoms with Crippen molar-refractivity contribution in [2.24, 2.45) is 18.7 Å². The van der Waals surface area contributed by atoms with Gasteiger partial charge in [0.15, 0.2) is 0 Å². The van der Waals surface area contributed by atoms with Crippen LogP contribution in [-0.2, 0) is 31.4 Å². The number of carbonyl (C=O) groups excluding carboxylic acids is 1. The van der Waals surface area contributed by atoms with E-state index in [0.29, 0.717) is 6.42 Å². The zero-order chi connectivity index (χ0) is 14.4. The summed E-state index contributed by atoms with van der Waals surface area (Å²) < 4.78 is 2.22. The number of amides is 1. The van der Waals surface area contributed by atoms with E-state index < -0.39 is 0 Å². The van der Waals surface area contributed by atoms with Gasteiger partial charge in [0.1, 0.15) is 0 Å². The minimum atomic E-state index is -0.232. The molecule has 0 saturated heterocycles. The van der Waals surface area contributed by atoms with Gasteiger partial charge in [-0.15, -0.1) is 0 Å². The number of nitrogens with two attached hydrogens (primary N) is 1. The highest BCUT2D eigenvalue weighted by atomic mass is 16.1. The number of fused-ring (bicyclic) bond motifs is 2. The van der Waals surface area contributed by atoms with Gasteiger partial charge in [0.25, 0.3) is 0 Å². The van der Waals surface area contributed by atoms with E-state index in [1.165, 1.54) is 33.3 Å². The van der Waals surface area contributed by atoms with Gasteiger partial charge in [0, 0.05) is 42.7 Å². The first kappa shape index (κ1) is 13.2. The van der Waals surface area contributed by atoms with Crippen LogP contribution in [0.4, 0.5) is 0 Å². The first-order valence-corrected chi connectivity index (χ1v) is 7.08. The third-order valence-electron chi connectivity index (χ3n) is 4.57. The molecule has 1 amide bonds. The average Bonchev–Trinajstić information content (AvgIpc) is 2.95. The van der Waals surface area contributed by atoms with Crippen molar-refractivity contribution in [2.75, 3.05) is 0 Å². The number of hydrogen-bond donors (Lipinski definition) is 2. The predicted octanol–water partition coefficient (Wildman–Crippen LogP) is 1.75. The molecule has 20 heavy (non-hydrogen) atoms. The lowest BCUT2D eigenvalue weighted by Crippen LogP contribution is -2.22. The summed E-state index contributed by atoms with van der Waals surface area (Å²) in [4.78, 5) is 11.4. The fourth-order valence-corrected chi connectivity index (χ4v) is 3.10. The number of hydrogen-bond acceptors (Lipinski definition) is 2. The molecule has 0 saturated carbocycles. The molecule has 1 aliphatic rings. The summed E-state index contributed by atoms with van der Waals surface area (Å²) >= 11 is 0. The number of aryl methyl sites for hydroxylation is 1. The molecular weight excluding hydrogens is 250 g/mol. The molecule has 1 atom stereocenters. The molecule has 2 aromatic rings. The maximum atomic E-state index is 11.4. The molecule has 0 radical (unpaired) electrons. The Morgan fingerprint density at radius 2 is 2.05 bits per heavy atom. The zero-order valence-corrected chi connectivity index (χ0v) is 12.3. The highest BCUT2D eigenvalue weighted by Crippen LogP contribution is 2.31. The molecule has 0 bridgehead atoms. The highest BCUT2D eigenvalue weighted by molar-refractivity contribution is 5.88. The molecule has 1 unspecified atom stereocenters. The van der Waals surface area contributed by atoms with Crippen LogP contribution in [0.3, 0.4) is 0 Å². The maximum Gasteiger partial charge on any atom is 0.220 e. The fourth-order valence-electron chi connectivity index (χ4n) is 3.10. The Balaban J connectivity index is 2.16. The molecule has 1 aromatic carbocycles. The Bertz CT molecular complexity index is 700. The fraction of sp³-hybridized carbons (Fsp3) is 0.438. The topological polar surface area (TPSA) is 60.1 Å². The number of benzene rings is 1. The number of rotatable bonds is 3. The first-order valence-electron chi connectivity index (χ1n) is 7.08. The molecule has 1 aromatic heterocycles. The third kappa shape index (κ3) is 1.91. The third-order valence-corrected chi connectivity index (χ3v) is 4.57. The van der Waals surface area contributed by atoms with Gasteiger partial charge in [-0.2, -0.15) is 0 Å². The molecule has 3 rings (SSSR count). The minimum absolute atomic E-state index is 0.134. The van der Waals surface area contributed by atoms with Gasteiger partial charge in [-0.05, 0) is 42.2 Å². The van der Waals surface area contributed by atoms with E-state index in [0.717, 1.165) is 13.1 Å². The summed E-state index contributed by atoms with van der Waals surface area (Å²) in [5, 5.41) is 4.65. The Morgan fingerprint density at radius 1 is 1.40 bits per heavy atom. The van der Waals surface area contributed by atoms with Crippen LogP contribution in [0.15, 0.2) is 12.1 Å². The van der Waals surface area contributed by atoms with Crippen LogP contribution < -0.4 is 11.1 Å². The monoisotopic (exact) mass is 271 g/mol. The molecule has 0 aliphatic carbocycles. The van der Waals surface area contributed by atoms with Crippen molar-refractivity contribution in [2.45, 2.75) is 33.4 Å². The predicted molar refractivity (Wildman–Crippen MR) is 80.3 cm³/mol. The standard InChI is InChI=1S/C16H21N3O/c1-9(16(17)20)4-13-10(2)19(3)15-6-12-8-18-7-11(12)5-14(13)15/h5-6,9,18H,4,7-8H2,1-3H3,(H2,17,20). The Hall–Kier alpha value is -1.81. The Morgan fingerprint density at radius 3 is 2.70 bits per heavy atom. The summed E-state index contributed by atoms with van der Waals surface area (Å²) in [6.45, 7) is 5.90. The van der Waals surface area contributed by atoms with Crippen molar-refractivity contribution in [3.8, 4) is 0 Å². The van der Waals surface area contributed by atoms with E-state index in [2.05, 4.69) is 36.0 Å². The van der Waals surface area contributed by atoms with Crippen LogP contribution in [0.25, 0.3) is 10.9 Å². The number of carbonyl (C=O) groups is 1. The Labute approximate surface area is 118 Å². The molecule has 4 heteroatoms. The average molecular weight is 271 g/mol. The summed E-state index contributed by atoms with van der Waals surface area (Å²) in [7, 11) is 2.09. The lowest BCUT2D eigenvalue weighted by molar-refractivity contribution is -0.121. The van der Waals surface area contributed by atoms with Crippen molar-refractivity contribution >= 4 is 16.8 Å². The number of aromatic nitrogens is 1. The Kier molecular flexibility index (Phi) is 3.05. The van der Waals surface area contributed by atoms with Crippen molar-refractivity contribution in [1.29, 1.82) is 0 Å². The smallest absolute Gasteiger partial charge is 0.220 e. The number of primary amides is 1. The van der Waals surface area contributed by atoms with Crippen LogP contribution in [-0.4, -0.2) is 10.5 Å². The van der Waals surface area contributed by atoms with E-state index in [1.807, 2.05) is 6.92 Å². The second-order valence-corrected chi connectivity index (χ2v) is 5.87. The number of nitrogens with zero attached hydrogens (tertiary/aromatic N) is 1. The van der Waals surface area contributed by atoms with Crippen LogP contribution >= 0.6 is 0 Å². The second kappa shape index (κ2) is 4.63. The van der Waals surface area contributed by atoms with E-state index in [-0.39, 0.29) is 11.8 Å². The SMILES string of the molecule is Cc1c(CC(C)C(N)=O)c2cc3c(cc2n1C)CNC3. The normalized spacial score (nSPS) is 15.6. The first-order chi connectivity index (χ1) is 9.49. The summed E-state index contributed by atoms with van der Waals surface area (Å²) in [6, 6.07) is 4.55. The molecule has 106 valence electrons. The van der Waals surface area contributed by atoms with Gasteiger partial charge in [-0.1, -0.05) is 6.92 Å². The summed E-state index contributed by atoms with van der Waals surface area (Å²) in [5.74, 6) is -0.366. The molecule has 3 N–H and O–H groups in total. The van der Waals surface area contributed by atoms with Crippen molar-refractivity contribution in [3.63, 3.8) is 0 Å². The second-order valence-electron chi connectivity index (χ2n) is 5.87. The van der Waals surface area contributed by atoms with Crippen LogP contribution in [0.5, 0.6) is 0 Å². The van der Waals surface area contributed by atoms with E-state index in [1.54, 1.807) is 0 Å². The van der Waals surface area contributed by atoms with Gasteiger partial charge in [0.05, 0.1) is 0 Å². The molecule has 1 aliphatic heterocycles. The van der Waals surface area contributed by atoms with Crippen molar-refractivity contribution in [1.82, 2.24) is 9.88 Å². The van der Waals surface area contributed by atoms with Gasteiger partial charge in [0.2, 0.25) is 5.91 Å². The van der Waals surface area contributed by atoms with Gasteiger partial charge < -0.3 is 15.6 Å². The largest absolute Gasteiger partial charge is 0.369 e. The molecular formula is C16H21N3O. The minimum Gasteiger partial charge on any atom is -0.369 e. The van der Waals surface area contributed by atoms with Crippen LogP contribution in [0, 0.1) is 12.8 Å². The zero-order valence-electron chi connectivity index (χ0n) is 12.3. The van der Waals surface area contributed by atoms with Crippen molar-refractivity contribution < 1.29 is 4.79 Å². The highest BCUT2D eigenvalue weighted by Gasteiger charge is 2.20. The van der Waals surface area contributed by atoms with Crippen molar-refractivity contribution in [3.05, 3.63) is 34.5 Å². The van der Waals surface area contributed by atoms with Gasteiger partial charge in [-0.3, -0.25) is 4.79 Å².